The quantitative estimate of drug-likeness (QED) is 0.875. The third-order valence-electron chi connectivity index (χ3n) is 4.05. The summed E-state index contributed by atoms with van der Waals surface area (Å²) in [6.45, 7) is 3.94. The van der Waals surface area contributed by atoms with Gasteiger partial charge in [-0.15, -0.1) is 0 Å². The molecule has 0 bridgehead atoms. The Bertz CT molecular complexity index is 626. The molecule has 0 saturated carbocycles. The fourth-order valence-electron chi connectivity index (χ4n) is 2.62. The minimum atomic E-state index is -0.498. The smallest absolute Gasteiger partial charge is 0.253 e. The molecule has 21 heavy (non-hydrogen) atoms. The van der Waals surface area contributed by atoms with Gasteiger partial charge in [-0.2, -0.15) is 0 Å². The average molecular weight is 281 g/mol. The number of carbonyl (C=O) groups excluding carboxylic acids is 1. The molecule has 0 spiro atoms. The number of benzene rings is 2. The molecular formula is C18H19NO2. The van der Waals surface area contributed by atoms with Crippen molar-refractivity contribution < 1.29 is 9.53 Å². The van der Waals surface area contributed by atoms with Gasteiger partial charge in [0.1, 0.15) is 5.60 Å². The zero-order valence-electron chi connectivity index (χ0n) is 12.2. The number of epoxide rings is 1. The number of rotatable bonds is 4. The van der Waals surface area contributed by atoms with Gasteiger partial charge >= 0.3 is 0 Å². The van der Waals surface area contributed by atoms with E-state index < -0.39 is 11.7 Å². The molecule has 0 radical (unpaired) electrons. The lowest BCUT2D eigenvalue weighted by Crippen LogP contribution is -2.33. The van der Waals surface area contributed by atoms with Crippen molar-refractivity contribution in [2.24, 2.45) is 0 Å². The van der Waals surface area contributed by atoms with E-state index in [1.54, 1.807) is 0 Å². The Morgan fingerprint density at radius 1 is 1.10 bits per heavy atom. The molecule has 3 heteroatoms. The second-order valence-electron chi connectivity index (χ2n) is 5.61. The topological polar surface area (TPSA) is 41.6 Å². The van der Waals surface area contributed by atoms with Crippen LogP contribution >= 0.6 is 0 Å². The third kappa shape index (κ3) is 2.69. The van der Waals surface area contributed by atoms with Gasteiger partial charge in [0.15, 0.2) is 6.10 Å². The van der Waals surface area contributed by atoms with Crippen molar-refractivity contribution in [2.75, 3.05) is 0 Å². The number of amides is 1. The third-order valence-corrected chi connectivity index (χ3v) is 4.05. The molecule has 1 amide bonds. The van der Waals surface area contributed by atoms with Crippen LogP contribution in [-0.2, 0) is 15.1 Å². The molecule has 1 aliphatic rings. The summed E-state index contributed by atoms with van der Waals surface area (Å²) >= 11 is 0. The lowest BCUT2D eigenvalue weighted by atomic mass is 9.97. The Balaban J connectivity index is 1.66. The van der Waals surface area contributed by atoms with Crippen LogP contribution in [0.1, 0.15) is 31.0 Å². The van der Waals surface area contributed by atoms with Crippen molar-refractivity contribution in [2.45, 2.75) is 31.6 Å². The molecule has 3 atom stereocenters. The van der Waals surface area contributed by atoms with E-state index in [-0.39, 0.29) is 11.9 Å². The summed E-state index contributed by atoms with van der Waals surface area (Å²) in [5, 5.41) is 3.02. The standard InChI is InChI=1S/C18H19NO2/c1-13(14-9-5-3-6-10-14)19-17(20)16-18(2,21-16)15-11-7-4-8-12-15/h3-13,16H,1-2H3,(H,19,20)/t13-,16?,18?/m0/s1. The molecule has 1 saturated heterocycles. The number of hydrogen-bond donors (Lipinski definition) is 1. The van der Waals surface area contributed by atoms with E-state index in [2.05, 4.69) is 5.32 Å². The van der Waals surface area contributed by atoms with E-state index in [4.69, 9.17) is 4.74 Å². The fourth-order valence-corrected chi connectivity index (χ4v) is 2.62. The highest BCUT2D eigenvalue weighted by molar-refractivity contribution is 5.85. The van der Waals surface area contributed by atoms with Crippen molar-refractivity contribution in [1.82, 2.24) is 5.32 Å². The van der Waals surface area contributed by atoms with Crippen LogP contribution in [0.25, 0.3) is 0 Å². The van der Waals surface area contributed by atoms with Crippen molar-refractivity contribution in [1.29, 1.82) is 0 Å². The van der Waals surface area contributed by atoms with Crippen molar-refractivity contribution in [3.8, 4) is 0 Å². The van der Waals surface area contributed by atoms with Gasteiger partial charge in [0.2, 0.25) is 0 Å². The van der Waals surface area contributed by atoms with Gasteiger partial charge in [0.25, 0.3) is 5.91 Å². The molecule has 1 heterocycles. The van der Waals surface area contributed by atoms with Gasteiger partial charge in [-0.3, -0.25) is 4.79 Å². The molecule has 0 aromatic heterocycles. The number of ether oxygens (including phenoxy) is 1. The van der Waals surface area contributed by atoms with Crippen molar-refractivity contribution in [3.63, 3.8) is 0 Å². The summed E-state index contributed by atoms with van der Waals surface area (Å²) in [7, 11) is 0. The van der Waals surface area contributed by atoms with Crippen LogP contribution in [0.2, 0.25) is 0 Å². The summed E-state index contributed by atoms with van der Waals surface area (Å²) in [5.74, 6) is -0.0577. The zero-order chi connectivity index (χ0) is 14.9. The van der Waals surface area contributed by atoms with E-state index in [1.165, 1.54) is 0 Å². The van der Waals surface area contributed by atoms with E-state index in [0.717, 1.165) is 11.1 Å². The zero-order valence-corrected chi connectivity index (χ0v) is 12.2. The molecule has 0 aliphatic carbocycles. The van der Waals surface area contributed by atoms with Gasteiger partial charge < -0.3 is 10.1 Å². The number of carbonyl (C=O) groups is 1. The Hall–Kier alpha value is -2.13. The van der Waals surface area contributed by atoms with Crippen LogP contribution in [0.5, 0.6) is 0 Å². The summed E-state index contributed by atoms with van der Waals surface area (Å²) in [6.07, 6.45) is -0.411. The van der Waals surface area contributed by atoms with Gasteiger partial charge in [0.05, 0.1) is 6.04 Å². The Kier molecular flexibility index (Phi) is 3.52. The molecule has 3 rings (SSSR count). The minimum absolute atomic E-state index is 0.0251. The summed E-state index contributed by atoms with van der Waals surface area (Å²) in [4.78, 5) is 12.3. The van der Waals surface area contributed by atoms with E-state index >= 15 is 0 Å². The lowest BCUT2D eigenvalue weighted by molar-refractivity contribution is -0.123. The Morgan fingerprint density at radius 3 is 2.29 bits per heavy atom. The molecule has 2 aromatic rings. The number of hydrogen-bond acceptors (Lipinski definition) is 2. The van der Waals surface area contributed by atoms with Gasteiger partial charge in [-0.1, -0.05) is 60.7 Å². The average Bonchev–Trinajstić information content (AvgIpc) is 3.23. The van der Waals surface area contributed by atoms with E-state index in [9.17, 15) is 4.79 Å². The summed E-state index contributed by atoms with van der Waals surface area (Å²) < 4.78 is 5.68. The summed E-state index contributed by atoms with van der Waals surface area (Å²) in [6, 6.07) is 19.8. The maximum absolute atomic E-state index is 12.3. The first-order valence-electron chi connectivity index (χ1n) is 7.20. The second-order valence-corrected chi connectivity index (χ2v) is 5.61. The van der Waals surface area contributed by atoms with E-state index in [0.29, 0.717) is 0 Å². The highest BCUT2D eigenvalue weighted by Crippen LogP contribution is 2.46. The van der Waals surface area contributed by atoms with Crippen LogP contribution in [-0.4, -0.2) is 12.0 Å². The Labute approximate surface area is 124 Å². The second kappa shape index (κ2) is 5.34. The predicted molar refractivity (Wildman–Crippen MR) is 81.7 cm³/mol. The molecule has 1 N–H and O–H groups in total. The highest BCUT2D eigenvalue weighted by Gasteiger charge is 2.58. The van der Waals surface area contributed by atoms with Gasteiger partial charge in [-0.05, 0) is 25.0 Å². The summed E-state index contributed by atoms with van der Waals surface area (Å²) in [5.41, 5.74) is 1.63. The molecule has 2 aromatic carbocycles. The first kappa shape index (κ1) is 13.8. The molecule has 1 fully saturated rings. The van der Waals surface area contributed by atoms with Crippen LogP contribution in [0.15, 0.2) is 60.7 Å². The van der Waals surface area contributed by atoms with Gasteiger partial charge in [0, 0.05) is 0 Å². The van der Waals surface area contributed by atoms with E-state index in [1.807, 2.05) is 74.5 Å². The highest BCUT2D eigenvalue weighted by atomic mass is 16.6. The molecule has 108 valence electrons. The Morgan fingerprint density at radius 2 is 1.67 bits per heavy atom. The van der Waals surface area contributed by atoms with Crippen LogP contribution in [0.3, 0.4) is 0 Å². The molecule has 1 aliphatic heterocycles. The van der Waals surface area contributed by atoms with Crippen molar-refractivity contribution in [3.05, 3.63) is 71.8 Å². The largest absolute Gasteiger partial charge is 0.351 e. The first-order valence-corrected chi connectivity index (χ1v) is 7.20. The predicted octanol–water partition coefficient (Wildman–Crippen LogP) is 3.18. The monoisotopic (exact) mass is 281 g/mol. The number of nitrogens with one attached hydrogen (secondary N) is 1. The SMILES string of the molecule is C[C@H](NC(=O)C1OC1(C)c1ccccc1)c1ccccc1. The fraction of sp³-hybridized carbons (Fsp3) is 0.278. The maximum Gasteiger partial charge on any atom is 0.253 e. The molecule has 3 nitrogen and oxygen atoms in total. The van der Waals surface area contributed by atoms with Crippen molar-refractivity contribution >= 4 is 5.91 Å². The molecular weight excluding hydrogens is 262 g/mol. The first-order chi connectivity index (χ1) is 10.1. The van der Waals surface area contributed by atoms with Crippen LogP contribution in [0, 0.1) is 0 Å². The minimum Gasteiger partial charge on any atom is -0.351 e. The molecule has 2 unspecified atom stereocenters. The normalized spacial score (nSPS) is 25.1. The van der Waals surface area contributed by atoms with Crippen LogP contribution < -0.4 is 5.32 Å². The maximum atomic E-state index is 12.3. The lowest BCUT2D eigenvalue weighted by Gasteiger charge is -2.14. The van der Waals surface area contributed by atoms with Crippen LogP contribution in [0.4, 0.5) is 0 Å². The van der Waals surface area contributed by atoms with Gasteiger partial charge in [-0.25, -0.2) is 0 Å².